The van der Waals surface area contributed by atoms with Crippen molar-refractivity contribution in [2.24, 2.45) is 0 Å². The number of alkyl halides is 1. The van der Waals surface area contributed by atoms with Gasteiger partial charge in [0.15, 0.2) is 0 Å². The zero-order valence-corrected chi connectivity index (χ0v) is 46.0. The first-order chi connectivity index (χ1) is 32.0. The van der Waals surface area contributed by atoms with E-state index in [2.05, 4.69) is 88.5 Å². The Labute approximate surface area is 438 Å². The van der Waals surface area contributed by atoms with Crippen LogP contribution in [0, 0.1) is 0 Å². The topological polar surface area (TPSA) is 229 Å². The first-order valence-electron chi connectivity index (χ1n) is 22.8. The van der Waals surface area contributed by atoms with Crippen LogP contribution in [0.2, 0.25) is 0 Å². The Morgan fingerprint density at radius 3 is 1.28 bits per heavy atom. The first-order valence-corrected chi connectivity index (χ1v) is 25.5. The highest BCUT2D eigenvalue weighted by atomic mass is 79.9. The lowest BCUT2D eigenvalue weighted by atomic mass is 10.1. The second-order valence-electron chi connectivity index (χ2n) is 17.7. The Balaban J connectivity index is 0.000000248. The first kappa shape index (κ1) is 58.3. The summed E-state index contributed by atoms with van der Waals surface area (Å²) >= 11 is 10.0. The number of nitrogens with two attached hydrogens (primary N) is 4. The molecule has 68 heavy (non-hydrogen) atoms. The largest absolute Gasteiger partial charge is 0.478 e. The van der Waals surface area contributed by atoms with Gasteiger partial charge in [0.25, 0.3) is 0 Å². The lowest BCUT2D eigenvalue weighted by Gasteiger charge is -2.26. The summed E-state index contributed by atoms with van der Waals surface area (Å²) in [7, 11) is 0. The maximum Gasteiger partial charge on any atom is 0.331 e. The fourth-order valence-corrected chi connectivity index (χ4v) is 8.68. The molecular formula is C49H69Br4N11O4. The summed E-state index contributed by atoms with van der Waals surface area (Å²) in [4.78, 5) is 45.9. The van der Waals surface area contributed by atoms with E-state index in [0.717, 1.165) is 99.5 Å². The maximum atomic E-state index is 11.7. The molecule has 19 heteroatoms. The molecule has 0 amide bonds. The Kier molecular flexibility index (Phi) is 26.2. The van der Waals surface area contributed by atoms with Crippen LogP contribution in [0.1, 0.15) is 112 Å². The second-order valence-corrected chi connectivity index (χ2v) is 20.1. The molecule has 0 aliphatic carbocycles. The lowest BCUT2D eigenvalue weighted by molar-refractivity contribution is -0.148. The third-order valence-electron chi connectivity index (χ3n) is 10.9. The average Bonchev–Trinajstić information content (AvgIpc) is 3.30. The summed E-state index contributed by atoms with van der Waals surface area (Å²) in [5.41, 5.74) is 28.5. The predicted molar refractivity (Wildman–Crippen MR) is 292 cm³/mol. The molecule has 9 N–H and O–H groups in total. The molecule has 0 atom stereocenters. The minimum atomic E-state index is -0.964. The Morgan fingerprint density at radius 2 is 0.926 bits per heavy atom. The number of nitrogens with zero attached hydrogens (tertiary/aromatic N) is 7. The third-order valence-corrected chi connectivity index (χ3v) is 12.4. The number of aromatic nitrogens is 4. The Bertz CT molecular complexity index is 2240. The van der Waals surface area contributed by atoms with Gasteiger partial charge in [-0.25, -0.2) is 29.5 Å². The number of hydrogen-bond acceptors (Lipinski definition) is 14. The van der Waals surface area contributed by atoms with E-state index in [1.807, 2.05) is 39.0 Å². The van der Waals surface area contributed by atoms with Gasteiger partial charge < -0.3 is 32.8 Å². The number of ether oxygens (including phenoxy) is 1. The molecule has 0 saturated carbocycles. The number of aliphatic carboxylic acids is 1. The van der Waals surface area contributed by atoms with Gasteiger partial charge >= 0.3 is 11.9 Å². The summed E-state index contributed by atoms with van der Waals surface area (Å²) in [6.45, 7) is 14.8. The van der Waals surface area contributed by atoms with E-state index in [4.69, 9.17) is 32.8 Å². The molecule has 4 aromatic rings. The van der Waals surface area contributed by atoms with Crippen LogP contribution in [0.5, 0.6) is 0 Å². The molecule has 372 valence electrons. The van der Waals surface area contributed by atoms with Crippen LogP contribution in [0.4, 0.5) is 23.3 Å². The molecule has 7 rings (SSSR count). The van der Waals surface area contributed by atoms with Crippen molar-refractivity contribution in [3.63, 3.8) is 0 Å². The number of carbonyl (C=O) groups excluding carboxylic acids is 1. The van der Waals surface area contributed by atoms with E-state index in [-0.39, 0.29) is 23.0 Å². The third kappa shape index (κ3) is 22.6. The quantitative estimate of drug-likeness (QED) is 0.0535. The van der Waals surface area contributed by atoms with Crippen LogP contribution in [0.15, 0.2) is 70.2 Å². The van der Waals surface area contributed by atoms with Crippen LogP contribution in [-0.4, -0.2) is 96.6 Å². The minimum absolute atomic E-state index is 0. The average molecular weight is 1200 g/mol. The van der Waals surface area contributed by atoms with Crippen molar-refractivity contribution in [3.8, 4) is 0 Å². The van der Waals surface area contributed by atoms with E-state index in [1.54, 1.807) is 30.9 Å². The van der Waals surface area contributed by atoms with Crippen LogP contribution in [0.3, 0.4) is 0 Å². The van der Waals surface area contributed by atoms with Crippen molar-refractivity contribution in [1.29, 1.82) is 0 Å². The van der Waals surface area contributed by atoms with Crippen LogP contribution in [-0.2, 0) is 39.3 Å². The number of anilines is 4. The molecule has 0 radical (unpaired) electrons. The highest BCUT2D eigenvalue weighted by Crippen LogP contribution is 2.22. The number of esters is 1. The number of likely N-dealkylation sites (tertiary alicyclic amines) is 3. The van der Waals surface area contributed by atoms with Gasteiger partial charge in [-0.15, -0.1) is 17.0 Å². The monoisotopic (exact) mass is 1190 g/mol. The van der Waals surface area contributed by atoms with Gasteiger partial charge in [-0.2, -0.15) is 0 Å². The Morgan fingerprint density at radius 1 is 0.588 bits per heavy atom. The smallest absolute Gasteiger partial charge is 0.331 e. The molecule has 3 saturated heterocycles. The molecule has 3 aliphatic heterocycles. The molecule has 3 aliphatic rings. The minimum Gasteiger partial charge on any atom is -0.478 e. The van der Waals surface area contributed by atoms with Crippen LogP contribution >= 0.6 is 64.8 Å². The summed E-state index contributed by atoms with van der Waals surface area (Å²) in [6.07, 6.45) is 24.0. The number of carboxylic acid groups (broad SMARTS) is 1. The molecule has 0 spiro atoms. The van der Waals surface area contributed by atoms with Gasteiger partial charge in [-0.05, 0) is 178 Å². The Hall–Kier alpha value is -3.98. The van der Waals surface area contributed by atoms with E-state index in [9.17, 15) is 9.59 Å². The van der Waals surface area contributed by atoms with Gasteiger partial charge in [0.1, 0.15) is 28.9 Å². The highest BCUT2D eigenvalue weighted by Gasteiger charge is 2.16. The molecule has 4 aromatic heterocycles. The van der Waals surface area contributed by atoms with Crippen molar-refractivity contribution in [3.05, 3.63) is 104 Å². The fraction of sp³-hybridized carbons (Fsp3) is 0.469. The molecule has 3 fully saturated rings. The number of halogens is 4. The number of pyridine rings is 4. The number of carbonyl (C=O) groups is 2. The van der Waals surface area contributed by atoms with Crippen molar-refractivity contribution in [1.82, 2.24) is 34.6 Å². The van der Waals surface area contributed by atoms with Gasteiger partial charge in [-0.3, -0.25) is 14.7 Å². The molecule has 0 aromatic carbocycles. The molecule has 15 nitrogen and oxygen atoms in total. The summed E-state index contributed by atoms with van der Waals surface area (Å²) in [5, 5.41) is 9.36. The van der Waals surface area contributed by atoms with Crippen LogP contribution in [0.25, 0.3) is 12.2 Å². The number of rotatable bonds is 11. The number of carboxylic acids is 1. The van der Waals surface area contributed by atoms with E-state index >= 15 is 0 Å². The van der Waals surface area contributed by atoms with Gasteiger partial charge in [0.05, 0.1) is 0 Å². The maximum absolute atomic E-state index is 11.7. The van der Waals surface area contributed by atoms with Crippen molar-refractivity contribution in [2.75, 3.05) is 62.2 Å². The van der Waals surface area contributed by atoms with Crippen molar-refractivity contribution < 1.29 is 19.4 Å². The summed E-state index contributed by atoms with van der Waals surface area (Å²) < 4.78 is 7.21. The second kappa shape index (κ2) is 30.6. The zero-order chi connectivity index (χ0) is 48.8. The van der Waals surface area contributed by atoms with Crippen LogP contribution < -0.4 is 22.9 Å². The van der Waals surface area contributed by atoms with Gasteiger partial charge in [0.2, 0.25) is 0 Å². The summed E-state index contributed by atoms with van der Waals surface area (Å²) in [5.74, 6) is 1.01. The molecule has 0 unspecified atom stereocenters. The molecule has 7 heterocycles. The van der Waals surface area contributed by atoms with Crippen molar-refractivity contribution in [2.45, 2.75) is 109 Å². The lowest BCUT2D eigenvalue weighted by Crippen LogP contribution is -2.29. The predicted octanol–water partition coefficient (Wildman–Crippen LogP) is 10.1. The zero-order valence-electron chi connectivity index (χ0n) is 39.5. The molecular weight excluding hydrogens is 1130 g/mol. The van der Waals surface area contributed by atoms with E-state index in [0.29, 0.717) is 23.3 Å². The number of hydrogen-bond donors (Lipinski definition) is 5. The number of piperidine rings is 3. The SMILES string of the molecule is Br.CC(C)(C)OC(=O)/C=C/c1cnc(N)c(CN2CCCCC2)c1.Nc1ncc(/C=C/C(=O)O)cc1CN1CCCCC1.Nc1ncc(Br)cc1CBr.Nc1ncc(Br)cc1CN1CCCCC1. The number of nitrogen functional groups attached to an aromatic ring is 4. The molecule has 0 bridgehead atoms. The summed E-state index contributed by atoms with van der Waals surface area (Å²) in [6, 6.07) is 7.92. The van der Waals surface area contributed by atoms with E-state index < -0.39 is 11.6 Å². The standard InChI is InChI=1S/C18H27N3O2.C14H19N3O2.C11H16BrN3.C6H6Br2N2.BrH/c1-18(2,3)23-16(22)8-7-14-11-15(17(19)20-12-14)13-21-9-5-4-6-10-21;15-14-12(10-17-6-2-1-3-7-17)8-11(9-16-14)4-5-13(18)19;12-10-6-9(11(13)14-7-10)8-15-4-2-1-3-5-15;7-2-4-1-5(8)3-10-6(4)9;/h7-8,11-12H,4-6,9-10,13H2,1-3H3,(H2,19,20);4-5,8-9H,1-3,6-7,10H2,(H2,15,16)(H,18,19);6-7H,1-5,8H2,(H2,13,14);1,3H,2H2,(H2,9,10);1H/b8-7+;5-4+;;;. The van der Waals surface area contributed by atoms with Gasteiger partial charge in [0, 0.05) is 93.1 Å². The van der Waals surface area contributed by atoms with Crippen molar-refractivity contribution >= 4 is 112 Å². The van der Waals surface area contributed by atoms with Gasteiger partial charge in [-0.1, -0.05) is 35.2 Å². The highest BCUT2D eigenvalue weighted by molar-refractivity contribution is 9.10. The fourth-order valence-electron chi connectivity index (χ4n) is 7.47. The normalized spacial score (nSPS) is 15.7. The van der Waals surface area contributed by atoms with E-state index in [1.165, 1.54) is 83.0 Å².